The molecule has 2 aromatic carbocycles. The van der Waals surface area contributed by atoms with Crippen LogP contribution >= 0.6 is 12.4 Å². The van der Waals surface area contributed by atoms with Crippen LogP contribution in [0.4, 0.5) is 0 Å². The number of hydrogen-bond donors (Lipinski definition) is 3. The molecule has 2 atom stereocenters. The van der Waals surface area contributed by atoms with Gasteiger partial charge in [0.2, 0.25) is 5.91 Å². The van der Waals surface area contributed by atoms with Crippen LogP contribution in [0.2, 0.25) is 0 Å². The highest BCUT2D eigenvalue weighted by molar-refractivity contribution is 5.94. The van der Waals surface area contributed by atoms with Crippen LogP contribution in [0.5, 0.6) is 0 Å². The van der Waals surface area contributed by atoms with Crippen LogP contribution in [-0.4, -0.2) is 30.9 Å². The van der Waals surface area contributed by atoms with Gasteiger partial charge in [-0.3, -0.25) is 9.59 Å². The lowest BCUT2D eigenvalue weighted by Gasteiger charge is -2.20. The van der Waals surface area contributed by atoms with Gasteiger partial charge in [-0.1, -0.05) is 55.5 Å². The van der Waals surface area contributed by atoms with E-state index in [9.17, 15) is 9.59 Å². The zero-order chi connectivity index (χ0) is 18.8. The lowest BCUT2D eigenvalue weighted by Crippen LogP contribution is -2.40. The van der Waals surface area contributed by atoms with Crippen LogP contribution < -0.4 is 16.0 Å². The summed E-state index contributed by atoms with van der Waals surface area (Å²) in [7, 11) is 0. The minimum Gasteiger partial charge on any atom is -0.354 e. The van der Waals surface area contributed by atoms with Crippen molar-refractivity contribution in [3.8, 4) is 0 Å². The molecule has 0 fully saturated rings. The third-order valence-electron chi connectivity index (χ3n) is 4.09. The number of likely N-dealkylation sites (N-methyl/N-ethyl adjacent to an activating group) is 1. The molecule has 0 heterocycles. The average molecular weight is 390 g/mol. The fourth-order valence-electron chi connectivity index (χ4n) is 2.71. The van der Waals surface area contributed by atoms with E-state index in [-0.39, 0.29) is 42.7 Å². The molecular weight excluding hydrogens is 362 g/mol. The molecule has 0 spiro atoms. The second-order valence-corrected chi connectivity index (χ2v) is 6.27. The molecule has 146 valence electrons. The van der Waals surface area contributed by atoms with E-state index < -0.39 is 0 Å². The number of nitrogens with one attached hydrogen (secondary N) is 3. The van der Waals surface area contributed by atoms with Gasteiger partial charge in [0, 0.05) is 18.2 Å². The summed E-state index contributed by atoms with van der Waals surface area (Å²) >= 11 is 0. The molecule has 6 heteroatoms. The molecule has 0 bridgehead atoms. The van der Waals surface area contributed by atoms with Crippen molar-refractivity contribution in [2.75, 3.05) is 13.1 Å². The Hall–Kier alpha value is -2.37. The lowest BCUT2D eigenvalue weighted by molar-refractivity contribution is -0.121. The van der Waals surface area contributed by atoms with Crippen LogP contribution in [0.1, 0.15) is 42.2 Å². The highest BCUT2D eigenvalue weighted by atomic mass is 35.5. The predicted molar refractivity (Wildman–Crippen MR) is 111 cm³/mol. The Kier molecular flexibility index (Phi) is 10.2. The maximum absolute atomic E-state index is 12.5. The molecule has 0 aliphatic carbocycles. The molecule has 27 heavy (non-hydrogen) atoms. The smallest absolute Gasteiger partial charge is 0.251 e. The molecule has 0 aliphatic heterocycles. The molecular formula is C21H28ClN3O2. The van der Waals surface area contributed by atoms with E-state index >= 15 is 0 Å². The fourth-order valence-corrected chi connectivity index (χ4v) is 2.71. The highest BCUT2D eigenvalue weighted by Crippen LogP contribution is 2.17. The van der Waals surface area contributed by atoms with Gasteiger partial charge in [-0.05, 0) is 31.2 Å². The number of hydrogen-bond acceptors (Lipinski definition) is 3. The number of benzene rings is 2. The summed E-state index contributed by atoms with van der Waals surface area (Å²) in [5.41, 5.74) is 1.49. The van der Waals surface area contributed by atoms with Crippen molar-refractivity contribution < 1.29 is 9.59 Å². The summed E-state index contributed by atoms with van der Waals surface area (Å²) in [6.45, 7) is 5.47. The minimum atomic E-state index is -0.377. The van der Waals surface area contributed by atoms with Gasteiger partial charge < -0.3 is 16.0 Å². The Labute approximate surface area is 167 Å². The summed E-state index contributed by atoms with van der Waals surface area (Å²) in [5.74, 6) is -0.273. The first kappa shape index (κ1) is 22.7. The number of halogens is 1. The summed E-state index contributed by atoms with van der Waals surface area (Å²) in [6, 6.07) is 18.4. The van der Waals surface area contributed by atoms with Gasteiger partial charge >= 0.3 is 0 Å². The van der Waals surface area contributed by atoms with Crippen molar-refractivity contribution in [3.63, 3.8) is 0 Å². The van der Waals surface area contributed by atoms with E-state index in [0.717, 1.165) is 12.1 Å². The maximum atomic E-state index is 12.5. The van der Waals surface area contributed by atoms with E-state index in [1.54, 1.807) is 12.1 Å². The molecule has 5 nitrogen and oxygen atoms in total. The maximum Gasteiger partial charge on any atom is 0.251 e. The van der Waals surface area contributed by atoms with E-state index in [4.69, 9.17) is 0 Å². The largest absolute Gasteiger partial charge is 0.354 e. The summed E-state index contributed by atoms with van der Waals surface area (Å²) in [4.78, 5) is 24.9. The molecule has 2 aromatic rings. The first-order valence-electron chi connectivity index (χ1n) is 9.01. The van der Waals surface area contributed by atoms with Gasteiger partial charge in [-0.25, -0.2) is 0 Å². The molecule has 0 radical (unpaired) electrons. The number of carbonyl (C=O) groups is 2. The zero-order valence-electron chi connectivity index (χ0n) is 15.8. The normalized spacial score (nSPS) is 12.4. The first-order valence-corrected chi connectivity index (χ1v) is 9.01. The summed E-state index contributed by atoms with van der Waals surface area (Å²) < 4.78 is 0. The van der Waals surface area contributed by atoms with E-state index in [1.165, 1.54) is 0 Å². The monoisotopic (exact) mass is 389 g/mol. The molecule has 2 amide bonds. The molecule has 0 saturated heterocycles. The van der Waals surface area contributed by atoms with Crippen LogP contribution in [-0.2, 0) is 4.79 Å². The SMILES string of the molecule is CCN[C@H](C)CNC(=O)CC(NC(=O)c1ccccc1)c1ccccc1.Cl. The van der Waals surface area contributed by atoms with Gasteiger partial charge in [-0.15, -0.1) is 12.4 Å². The highest BCUT2D eigenvalue weighted by Gasteiger charge is 2.19. The van der Waals surface area contributed by atoms with Gasteiger partial charge in [0.15, 0.2) is 0 Å². The average Bonchev–Trinajstić information content (AvgIpc) is 2.67. The van der Waals surface area contributed by atoms with Gasteiger partial charge in [0.25, 0.3) is 5.91 Å². The van der Waals surface area contributed by atoms with Gasteiger partial charge in [0.05, 0.1) is 12.5 Å². The molecule has 3 N–H and O–H groups in total. The third-order valence-corrected chi connectivity index (χ3v) is 4.09. The van der Waals surface area contributed by atoms with Crippen molar-refractivity contribution in [1.29, 1.82) is 0 Å². The molecule has 0 aromatic heterocycles. The Morgan fingerprint density at radius 3 is 2.15 bits per heavy atom. The van der Waals surface area contributed by atoms with Crippen molar-refractivity contribution in [3.05, 3.63) is 71.8 Å². The molecule has 0 aliphatic rings. The van der Waals surface area contributed by atoms with Crippen molar-refractivity contribution >= 4 is 24.2 Å². The number of carbonyl (C=O) groups excluding carboxylic acids is 2. The Morgan fingerprint density at radius 1 is 0.963 bits per heavy atom. The van der Waals surface area contributed by atoms with Gasteiger partial charge in [0.1, 0.15) is 0 Å². The Morgan fingerprint density at radius 2 is 1.56 bits per heavy atom. The molecule has 0 saturated carbocycles. The van der Waals surface area contributed by atoms with Crippen molar-refractivity contribution in [2.45, 2.75) is 32.4 Å². The zero-order valence-corrected chi connectivity index (χ0v) is 16.6. The summed E-state index contributed by atoms with van der Waals surface area (Å²) in [6.07, 6.45) is 0.196. The Balaban J connectivity index is 0.00000364. The minimum absolute atomic E-state index is 0. The first-order chi connectivity index (χ1) is 12.6. The number of amides is 2. The quantitative estimate of drug-likeness (QED) is 0.617. The summed E-state index contributed by atoms with van der Waals surface area (Å²) in [5, 5.41) is 9.16. The van der Waals surface area contributed by atoms with Crippen LogP contribution in [0, 0.1) is 0 Å². The predicted octanol–water partition coefficient (Wildman–Crippen LogP) is 3.08. The second kappa shape index (κ2) is 12.1. The molecule has 1 unspecified atom stereocenters. The van der Waals surface area contributed by atoms with Crippen molar-refractivity contribution in [1.82, 2.24) is 16.0 Å². The van der Waals surface area contributed by atoms with Crippen LogP contribution in [0.3, 0.4) is 0 Å². The fraction of sp³-hybridized carbons (Fsp3) is 0.333. The standard InChI is InChI=1S/C21H27N3O2.ClH/c1-3-22-16(2)15-23-20(25)14-19(17-10-6-4-7-11-17)24-21(26)18-12-8-5-9-13-18;/h4-13,16,19,22H,3,14-15H2,1-2H3,(H,23,25)(H,24,26);1H/t16-,19?;/m1./s1. The molecule has 2 rings (SSSR count). The van der Waals surface area contributed by atoms with Gasteiger partial charge in [-0.2, -0.15) is 0 Å². The Bertz CT molecular complexity index is 695. The lowest BCUT2D eigenvalue weighted by atomic mass is 10.0. The topological polar surface area (TPSA) is 70.2 Å². The van der Waals surface area contributed by atoms with Crippen molar-refractivity contribution in [2.24, 2.45) is 0 Å². The van der Waals surface area contributed by atoms with Crippen LogP contribution in [0.25, 0.3) is 0 Å². The number of rotatable bonds is 9. The third kappa shape index (κ3) is 7.81. The van der Waals surface area contributed by atoms with E-state index in [2.05, 4.69) is 16.0 Å². The van der Waals surface area contributed by atoms with Crippen LogP contribution in [0.15, 0.2) is 60.7 Å². The second-order valence-electron chi connectivity index (χ2n) is 6.27. The van der Waals surface area contributed by atoms with E-state index in [0.29, 0.717) is 12.1 Å². The van der Waals surface area contributed by atoms with E-state index in [1.807, 2.05) is 62.4 Å².